The molecule has 1 aliphatic rings. The average molecular weight is 844 g/mol. The number of carbonyl (C=O) groups excluding carboxylic acids is 6. The first-order chi connectivity index (χ1) is 25.6. The molecule has 0 saturated carbocycles. The first-order valence-electron chi connectivity index (χ1n) is 17.8. The van der Waals surface area contributed by atoms with Crippen LogP contribution in [0.25, 0.3) is 0 Å². The number of nitrogens with two attached hydrogens (primary N) is 1. The zero-order valence-electron chi connectivity index (χ0n) is 30.5. The van der Waals surface area contributed by atoms with Gasteiger partial charge in [0.05, 0.1) is 24.6 Å². The van der Waals surface area contributed by atoms with Gasteiger partial charge in [-0.3, -0.25) is 33.7 Å². The van der Waals surface area contributed by atoms with E-state index in [9.17, 15) is 28.8 Å². The summed E-state index contributed by atoms with van der Waals surface area (Å²) in [7, 11) is -2.16. The average Bonchev–Trinajstić information content (AvgIpc) is 3.45. The third kappa shape index (κ3) is 11.9. The molecule has 1 unspecified atom stereocenters. The van der Waals surface area contributed by atoms with Crippen LogP contribution in [0.1, 0.15) is 39.5 Å². The summed E-state index contributed by atoms with van der Waals surface area (Å²) >= 11 is 1.09. The van der Waals surface area contributed by atoms with Crippen LogP contribution in [-0.2, 0) is 38.2 Å². The minimum atomic E-state index is -2.16. The predicted molar refractivity (Wildman–Crippen MR) is 208 cm³/mol. The van der Waals surface area contributed by atoms with Gasteiger partial charge < -0.3 is 42.8 Å². The van der Waals surface area contributed by atoms with Gasteiger partial charge in [-0.2, -0.15) is 0 Å². The van der Waals surface area contributed by atoms with Gasteiger partial charge in [0.2, 0.25) is 23.6 Å². The SMILES string of the molecule is CCOC(=O)CNC(=O)[C@H](CSC1CC(=O)N(CCC[P+](c2ccccc2)(c2ccccc2)c2ccccc2)C1=O)NC(=O)CC[C@H](N)C(=O)OCC.[Br-]. The summed E-state index contributed by atoms with van der Waals surface area (Å²) < 4.78 is 9.76. The largest absolute Gasteiger partial charge is 1.00 e. The van der Waals surface area contributed by atoms with E-state index in [1.807, 2.05) is 54.6 Å². The van der Waals surface area contributed by atoms with Gasteiger partial charge in [-0.05, 0) is 56.7 Å². The van der Waals surface area contributed by atoms with E-state index in [1.165, 1.54) is 20.8 Å². The van der Waals surface area contributed by atoms with Gasteiger partial charge in [0.25, 0.3) is 0 Å². The maximum Gasteiger partial charge on any atom is 0.325 e. The number of nitrogens with one attached hydrogen (secondary N) is 2. The predicted octanol–water partition coefficient (Wildman–Crippen LogP) is -0.930. The quantitative estimate of drug-likeness (QED) is 0.0734. The highest BCUT2D eigenvalue weighted by Crippen LogP contribution is 2.55. The van der Waals surface area contributed by atoms with Gasteiger partial charge in [0.15, 0.2) is 0 Å². The summed E-state index contributed by atoms with van der Waals surface area (Å²) in [4.78, 5) is 77.9. The first kappa shape index (κ1) is 44.3. The maximum absolute atomic E-state index is 13.7. The molecule has 0 aromatic heterocycles. The van der Waals surface area contributed by atoms with Crippen molar-refractivity contribution < 1.29 is 55.2 Å². The molecule has 4 N–H and O–H groups in total. The highest BCUT2D eigenvalue weighted by atomic mass is 79.9. The topological polar surface area (TPSA) is 174 Å². The summed E-state index contributed by atoms with van der Waals surface area (Å²) in [6.07, 6.45) is 1.08. The second kappa shape index (κ2) is 22.3. The molecule has 1 fully saturated rings. The number of carbonyl (C=O) groups is 6. The van der Waals surface area contributed by atoms with Crippen LogP contribution < -0.4 is 49.3 Å². The first-order valence-corrected chi connectivity index (χ1v) is 20.8. The van der Waals surface area contributed by atoms with Crippen molar-refractivity contribution in [3.8, 4) is 0 Å². The lowest BCUT2D eigenvalue weighted by Gasteiger charge is -2.28. The minimum Gasteiger partial charge on any atom is -1.00 e. The minimum absolute atomic E-state index is 0. The number of halogens is 1. The molecule has 3 aromatic carbocycles. The number of likely N-dealkylation sites (tertiary alicyclic amines) is 1. The van der Waals surface area contributed by atoms with E-state index in [0.29, 0.717) is 6.42 Å². The number of esters is 2. The third-order valence-corrected chi connectivity index (χ3v) is 14.6. The van der Waals surface area contributed by atoms with E-state index < -0.39 is 54.9 Å². The Labute approximate surface area is 331 Å². The molecule has 290 valence electrons. The van der Waals surface area contributed by atoms with Crippen LogP contribution in [-0.4, -0.2) is 96.0 Å². The number of nitrogens with zero attached hydrogens (tertiary/aromatic N) is 1. The molecule has 4 rings (SSSR count). The lowest BCUT2D eigenvalue weighted by atomic mass is 10.1. The van der Waals surface area contributed by atoms with Crippen LogP contribution in [0, 0.1) is 0 Å². The summed E-state index contributed by atoms with van der Waals surface area (Å²) in [5.41, 5.74) is 5.82. The highest BCUT2D eigenvalue weighted by Gasteiger charge is 2.46. The van der Waals surface area contributed by atoms with Crippen molar-refractivity contribution in [3.05, 3.63) is 91.0 Å². The van der Waals surface area contributed by atoms with Gasteiger partial charge in [-0.25, -0.2) is 0 Å². The second-order valence-corrected chi connectivity index (χ2v) is 17.2. The van der Waals surface area contributed by atoms with Crippen molar-refractivity contribution in [2.75, 3.05) is 38.2 Å². The summed E-state index contributed by atoms with van der Waals surface area (Å²) in [6, 6.07) is 29.0. The van der Waals surface area contributed by atoms with Gasteiger partial charge >= 0.3 is 11.9 Å². The maximum atomic E-state index is 13.7. The fourth-order valence-electron chi connectivity index (χ4n) is 6.18. The van der Waals surface area contributed by atoms with Crippen LogP contribution in [0.2, 0.25) is 0 Å². The molecule has 54 heavy (non-hydrogen) atoms. The van der Waals surface area contributed by atoms with Crippen LogP contribution in [0.3, 0.4) is 0 Å². The molecule has 15 heteroatoms. The molecule has 0 aliphatic carbocycles. The Hall–Kier alpha value is -4.10. The fraction of sp³-hybridized carbons (Fsp3) is 0.385. The zero-order chi connectivity index (χ0) is 38.2. The van der Waals surface area contributed by atoms with Crippen LogP contribution in [0.5, 0.6) is 0 Å². The van der Waals surface area contributed by atoms with Crippen molar-refractivity contribution in [1.82, 2.24) is 15.5 Å². The number of benzene rings is 3. The standard InChI is InChI=1S/C39H47N4O8PS.BrH/c1-3-50-36(46)26-41-37(47)32(42-34(44)22-21-31(40)39(49)51-4-2)27-53-33-25-35(45)43(38(33)48)23-14-24-52(28-15-8-5-9-16-28,29-17-10-6-11-18-29)30-19-12-7-13-20-30;/h5-13,15-20,31-33H,3-4,14,21-27,40H2,1-2H3,(H-,41,42,44,47);1H/t31-,32-,33?;/m0./s1. The van der Waals surface area contributed by atoms with Crippen molar-refractivity contribution >= 4 is 70.5 Å². The Balaban J connectivity index is 0.00000784. The Morgan fingerprint density at radius 1 is 0.870 bits per heavy atom. The van der Waals surface area contributed by atoms with E-state index >= 15 is 0 Å². The number of amides is 4. The second-order valence-electron chi connectivity index (χ2n) is 12.3. The van der Waals surface area contributed by atoms with Crippen molar-refractivity contribution in [3.63, 3.8) is 0 Å². The number of imide groups is 1. The van der Waals surface area contributed by atoms with Gasteiger partial charge in [-0.1, -0.05) is 54.6 Å². The molecule has 12 nitrogen and oxygen atoms in total. The van der Waals surface area contributed by atoms with Crippen molar-refractivity contribution in [2.24, 2.45) is 5.73 Å². The molecule has 3 aromatic rings. The lowest BCUT2D eigenvalue weighted by molar-refractivity contribution is -0.145. The van der Waals surface area contributed by atoms with Gasteiger partial charge in [-0.15, -0.1) is 11.8 Å². The molecular formula is C39H48BrN4O8PS. The number of rotatable bonds is 20. The molecule has 3 atom stereocenters. The van der Waals surface area contributed by atoms with E-state index in [1.54, 1.807) is 13.8 Å². The third-order valence-electron chi connectivity index (χ3n) is 8.77. The zero-order valence-corrected chi connectivity index (χ0v) is 33.8. The Morgan fingerprint density at radius 3 is 1.93 bits per heavy atom. The van der Waals surface area contributed by atoms with E-state index in [0.717, 1.165) is 17.9 Å². The monoisotopic (exact) mass is 842 g/mol. The highest BCUT2D eigenvalue weighted by molar-refractivity contribution is 8.00. The van der Waals surface area contributed by atoms with Gasteiger partial charge in [0.1, 0.15) is 41.8 Å². The van der Waals surface area contributed by atoms with Crippen LogP contribution in [0.15, 0.2) is 91.0 Å². The summed E-state index contributed by atoms with van der Waals surface area (Å²) in [5, 5.41) is 7.95. The van der Waals surface area contributed by atoms with E-state index in [2.05, 4.69) is 47.0 Å². The van der Waals surface area contributed by atoms with E-state index in [4.69, 9.17) is 15.2 Å². The molecule has 0 radical (unpaired) electrons. The molecule has 1 aliphatic heterocycles. The Bertz CT molecular complexity index is 1610. The summed E-state index contributed by atoms with van der Waals surface area (Å²) in [5.74, 6) is -3.20. The Kier molecular flexibility index (Phi) is 18.3. The fourth-order valence-corrected chi connectivity index (χ4v) is 11.7. The van der Waals surface area contributed by atoms with Crippen LogP contribution >= 0.6 is 19.0 Å². The van der Waals surface area contributed by atoms with E-state index in [-0.39, 0.29) is 73.6 Å². The Morgan fingerprint density at radius 2 is 1.41 bits per heavy atom. The number of hydrogen-bond acceptors (Lipinski definition) is 10. The molecule has 1 saturated heterocycles. The molecule has 1 heterocycles. The smallest absolute Gasteiger partial charge is 0.325 e. The molecule has 4 amide bonds. The normalized spacial score (nSPS) is 15.1. The van der Waals surface area contributed by atoms with Crippen molar-refractivity contribution in [1.29, 1.82) is 0 Å². The number of thioether (sulfide) groups is 1. The number of ether oxygens (including phenoxy) is 2. The summed E-state index contributed by atoms with van der Waals surface area (Å²) in [6.45, 7) is 3.39. The molecule has 0 bridgehead atoms. The molecule has 0 spiro atoms. The molecular weight excluding hydrogens is 795 g/mol. The van der Waals surface area contributed by atoms with Crippen LogP contribution in [0.4, 0.5) is 0 Å². The lowest BCUT2D eigenvalue weighted by Crippen LogP contribution is -3.00. The van der Waals surface area contributed by atoms with Crippen molar-refractivity contribution in [2.45, 2.75) is 56.9 Å². The number of hydrogen-bond donors (Lipinski definition) is 3. The van der Waals surface area contributed by atoms with Gasteiger partial charge in [0, 0.05) is 31.6 Å².